The van der Waals surface area contributed by atoms with Crippen molar-refractivity contribution >= 4 is 45.5 Å². The number of amides is 3. The smallest absolute Gasteiger partial charge is 0.325 e. The number of urea groups is 1. The summed E-state index contributed by atoms with van der Waals surface area (Å²) in [5.41, 5.74) is 11.8. The number of hydrazone groups is 1. The molecular formula is C41H47N5O2. The van der Waals surface area contributed by atoms with Crippen molar-refractivity contribution < 1.29 is 9.59 Å². The standard InChI is InChI=1S/C41H47N5O2/c1-27(2)38(42)40(47)43-33-20-24-34(25-21-33)45-37-15-9-8-14-36(37)39(30-11-4-3-5-12-30)44-46(41(45)48)35-22-18-29(19-23-35)32-17-16-28-10-6-7-13-31(28)26-32/h6-10,13-17,20-21,24-27,29-30,35,38H,3-5,11-12,18-19,22-23,42H2,1-2H3,(H,43,47)/t29?,35?,38-/m0/s1. The summed E-state index contributed by atoms with van der Waals surface area (Å²) in [6, 6.07) is 30.5. The Labute approximate surface area is 284 Å². The molecule has 3 N–H and O–H groups in total. The number of carbonyl (C=O) groups excluding carboxylic acids is 2. The summed E-state index contributed by atoms with van der Waals surface area (Å²) in [7, 11) is 0. The average molecular weight is 642 g/mol. The zero-order valence-electron chi connectivity index (χ0n) is 28.1. The lowest BCUT2D eigenvalue weighted by molar-refractivity contribution is -0.118. The predicted octanol–water partition coefficient (Wildman–Crippen LogP) is 9.35. The van der Waals surface area contributed by atoms with Gasteiger partial charge in [0.15, 0.2) is 0 Å². The van der Waals surface area contributed by atoms with Crippen LogP contribution in [0.25, 0.3) is 10.8 Å². The number of nitrogens with two attached hydrogens (primary N) is 1. The first-order valence-corrected chi connectivity index (χ1v) is 17.8. The van der Waals surface area contributed by atoms with Crippen LogP contribution in [0, 0.1) is 11.8 Å². The second-order valence-electron chi connectivity index (χ2n) is 14.2. The topological polar surface area (TPSA) is 91.0 Å². The highest BCUT2D eigenvalue weighted by Gasteiger charge is 2.38. The third-order valence-electron chi connectivity index (χ3n) is 10.7. The van der Waals surface area contributed by atoms with Crippen LogP contribution in [-0.2, 0) is 4.79 Å². The summed E-state index contributed by atoms with van der Waals surface area (Å²) in [5, 5.41) is 12.7. The van der Waals surface area contributed by atoms with Gasteiger partial charge in [-0.3, -0.25) is 9.69 Å². The molecule has 0 unspecified atom stereocenters. The lowest BCUT2D eigenvalue weighted by Crippen LogP contribution is -2.44. The van der Waals surface area contributed by atoms with Crippen molar-refractivity contribution in [1.82, 2.24) is 5.01 Å². The Balaban J connectivity index is 1.19. The van der Waals surface area contributed by atoms with Gasteiger partial charge in [-0.2, -0.15) is 5.10 Å². The van der Waals surface area contributed by atoms with Gasteiger partial charge in [-0.25, -0.2) is 9.80 Å². The van der Waals surface area contributed by atoms with Gasteiger partial charge >= 0.3 is 6.03 Å². The number of hydrogen-bond acceptors (Lipinski definition) is 4. The molecule has 4 aromatic rings. The average Bonchev–Trinajstić information content (AvgIpc) is 3.25. The number of benzene rings is 4. The second-order valence-corrected chi connectivity index (χ2v) is 14.2. The van der Waals surface area contributed by atoms with E-state index in [1.807, 2.05) is 60.2 Å². The first-order valence-electron chi connectivity index (χ1n) is 17.8. The van der Waals surface area contributed by atoms with Gasteiger partial charge in [-0.15, -0.1) is 0 Å². The molecule has 7 rings (SSSR count). The highest BCUT2D eigenvalue weighted by atomic mass is 16.2. The molecule has 1 aliphatic heterocycles. The van der Waals surface area contributed by atoms with E-state index in [1.54, 1.807) is 0 Å². The van der Waals surface area contributed by atoms with Crippen molar-refractivity contribution in [2.24, 2.45) is 22.7 Å². The SMILES string of the molecule is CC(C)[C@H](N)C(=O)Nc1ccc(N2C(=O)N(C3CCC(c4ccc5ccccc5c4)CC3)N=C(C3CCCCC3)c3ccccc32)cc1. The van der Waals surface area contributed by atoms with E-state index in [4.69, 9.17) is 10.8 Å². The number of para-hydroxylation sites is 1. The molecule has 7 heteroatoms. The molecule has 3 aliphatic rings. The molecule has 48 heavy (non-hydrogen) atoms. The van der Waals surface area contributed by atoms with E-state index < -0.39 is 6.04 Å². The number of nitrogens with one attached hydrogen (secondary N) is 1. The van der Waals surface area contributed by atoms with Crippen molar-refractivity contribution in [3.63, 3.8) is 0 Å². The minimum Gasteiger partial charge on any atom is -0.325 e. The first kappa shape index (κ1) is 32.1. The second kappa shape index (κ2) is 13.9. The molecule has 0 saturated heterocycles. The Morgan fingerprint density at radius 2 is 1.48 bits per heavy atom. The van der Waals surface area contributed by atoms with Crippen LogP contribution in [0.5, 0.6) is 0 Å². The van der Waals surface area contributed by atoms with E-state index in [2.05, 4.69) is 59.9 Å². The lowest BCUT2D eigenvalue weighted by atomic mass is 9.81. The third kappa shape index (κ3) is 6.48. The Bertz CT molecular complexity index is 1800. The Hall–Kier alpha value is -4.49. The van der Waals surface area contributed by atoms with Crippen LogP contribution < -0.4 is 16.0 Å². The van der Waals surface area contributed by atoms with Gasteiger partial charge in [0.1, 0.15) is 0 Å². The zero-order chi connectivity index (χ0) is 33.2. The van der Waals surface area contributed by atoms with Gasteiger partial charge in [0, 0.05) is 17.2 Å². The molecule has 2 aliphatic carbocycles. The van der Waals surface area contributed by atoms with Crippen LogP contribution in [0.1, 0.15) is 88.7 Å². The maximum Gasteiger partial charge on any atom is 0.349 e. The Kier molecular flexibility index (Phi) is 9.31. The highest BCUT2D eigenvalue weighted by molar-refractivity contribution is 6.14. The van der Waals surface area contributed by atoms with Crippen molar-refractivity contribution in [1.29, 1.82) is 0 Å². The highest BCUT2D eigenvalue weighted by Crippen LogP contribution is 2.41. The summed E-state index contributed by atoms with van der Waals surface area (Å²) < 4.78 is 0. The summed E-state index contributed by atoms with van der Waals surface area (Å²) in [6.45, 7) is 3.86. The first-order chi connectivity index (χ1) is 23.4. The maximum absolute atomic E-state index is 14.8. The van der Waals surface area contributed by atoms with Crippen LogP contribution in [0.3, 0.4) is 0 Å². The molecule has 1 heterocycles. The van der Waals surface area contributed by atoms with Crippen molar-refractivity contribution in [2.45, 2.75) is 89.6 Å². The minimum absolute atomic E-state index is 0.0145. The Morgan fingerprint density at radius 1 is 0.792 bits per heavy atom. The molecule has 2 fully saturated rings. The van der Waals surface area contributed by atoms with E-state index in [1.165, 1.54) is 35.6 Å². The van der Waals surface area contributed by atoms with Crippen molar-refractivity contribution in [3.05, 3.63) is 102 Å². The van der Waals surface area contributed by atoms with E-state index in [9.17, 15) is 9.59 Å². The summed E-state index contributed by atoms with van der Waals surface area (Å²) in [6.07, 6.45) is 9.65. The third-order valence-corrected chi connectivity index (χ3v) is 10.7. The molecule has 0 spiro atoms. The van der Waals surface area contributed by atoms with Crippen LogP contribution in [0.15, 0.2) is 96.1 Å². The van der Waals surface area contributed by atoms with E-state index in [0.717, 1.165) is 61.2 Å². The molecule has 0 radical (unpaired) electrons. The fourth-order valence-electron chi connectivity index (χ4n) is 7.81. The number of anilines is 3. The van der Waals surface area contributed by atoms with E-state index >= 15 is 0 Å². The summed E-state index contributed by atoms with van der Waals surface area (Å²) in [5.74, 6) is 0.605. The van der Waals surface area contributed by atoms with Crippen LogP contribution >= 0.6 is 0 Å². The number of rotatable bonds is 7. The number of nitrogens with zero attached hydrogens (tertiary/aromatic N) is 3. The molecule has 0 aromatic heterocycles. The fraction of sp³-hybridized carbons (Fsp3) is 0.390. The number of fused-ring (bicyclic) bond motifs is 2. The molecule has 3 amide bonds. The summed E-state index contributed by atoms with van der Waals surface area (Å²) >= 11 is 0. The van der Waals surface area contributed by atoms with Gasteiger partial charge in [-0.05, 0) is 97.0 Å². The summed E-state index contributed by atoms with van der Waals surface area (Å²) in [4.78, 5) is 29.3. The van der Waals surface area contributed by atoms with E-state index in [-0.39, 0.29) is 23.9 Å². The molecule has 0 bridgehead atoms. The molecule has 1 atom stereocenters. The van der Waals surface area contributed by atoms with Gasteiger partial charge < -0.3 is 11.1 Å². The van der Waals surface area contributed by atoms with Crippen molar-refractivity contribution in [3.8, 4) is 0 Å². The van der Waals surface area contributed by atoms with E-state index in [0.29, 0.717) is 17.5 Å². The number of hydrogen-bond donors (Lipinski definition) is 2. The molecule has 248 valence electrons. The quantitative estimate of drug-likeness (QED) is 0.211. The van der Waals surface area contributed by atoms with Crippen LogP contribution in [0.2, 0.25) is 0 Å². The monoisotopic (exact) mass is 641 g/mol. The lowest BCUT2D eigenvalue weighted by Gasteiger charge is -2.36. The largest absolute Gasteiger partial charge is 0.349 e. The predicted molar refractivity (Wildman–Crippen MR) is 196 cm³/mol. The maximum atomic E-state index is 14.8. The van der Waals surface area contributed by atoms with Crippen molar-refractivity contribution in [2.75, 3.05) is 10.2 Å². The van der Waals surface area contributed by atoms with Gasteiger partial charge in [0.05, 0.1) is 29.2 Å². The van der Waals surface area contributed by atoms with Crippen LogP contribution in [-0.4, -0.2) is 34.7 Å². The molecular weight excluding hydrogens is 594 g/mol. The fourth-order valence-corrected chi connectivity index (χ4v) is 7.81. The number of carbonyl (C=O) groups is 2. The van der Waals surface area contributed by atoms with Gasteiger partial charge in [-0.1, -0.05) is 93.8 Å². The molecule has 4 aromatic carbocycles. The molecule has 2 saturated carbocycles. The zero-order valence-corrected chi connectivity index (χ0v) is 28.1. The van der Waals surface area contributed by atoms with Gasteiger partial charge in [0.25, 0.3) is 0 Å². The van der Waals surface area contributed by atoms with Crippen LogP contribution in [0.4, 0.5) is 21.9 Å². The minimum atomic E-state index is -0.594. The van der Waals surface area contributed by atoms with Gasteiger partial charge in [0.2, 0.25) is 5.91 Å². The molecule has 7 nitrogen and oxygen atoms in total. The Morgan fingerprint density at radius 3 is 2.21 bits per heavy atom. The normalized spacial score (nSPS) is 21.1.